The molecular weight excluding hydrogens is 389 g/mol. The van der Waals surface area contributed by atoms with Crippen LogP contribution in [-0.2, 0) is 4.74 Å². The van der Waals surface area contributed by atoms with Gasteiger partial charge in [0.15, 0.2) is 5.82 Å². The Balaban J connectivity index is 1.87. The fourth-order valence-corrected chi connectivity index (χ4v) is 3.15. The zero-order chi connectivity index (χ0) is 18.2. The molecule has 0 bridgehead atoms. The summed E-state index contributed by atoms with van der Waals surface area (Å²) in [7, 11) is 0. The van der Waals surface area contributed by atoms with Crippen LogP contribution in [0.1, 0.15) is 32.9 Å². The number of carbonyl (C=O) groups is 1. The second-order valence-electron chi connectivity index (χ2n) is 6.91. The Morgan fingerprint density at radius 3 is 2.72 bits per heavy atom. The van der Waals surface area contributed by atoms with Crippen LogP contribution in [-0.4, -0.2) is 39.7 Å². The van der Waals surface area contributed by atoms with Crippen LogP contribution in [0.5, 0.6) is 0 Å². The summed E-state index contributed by atoms with van der Waals surface area (Å²) in [5, 5.41) is 0.659. The molecule has 7 heteroatoms. The maximum Gasteiger partial charge on any atom is 0.410 e. The van der Waals surface area contributed by atoms with E-state index in [1.165, 1.54) is 12.4 Å². The molecule has 0 radical (unpaired) electrons. The SMILES string of the molecule is CC(C)(C)OC(=O)N1CC=C(c2ncnc3c(F)cc(Br)cc23)CC1. The second kappa shape index (κ2) is 6.71. The molecular formula is C18H19BrFN3O2. The Morgan fingerprint density at radius 2 is 2.08 bits per heavy atom. The Labute approximate surface area is 154 Å². The first-order chi connectivity index (χ1) is 11.7. The van der Waals surface area contributed by atoms with Gasteiger partial charge in [-0.3, -0.25) is 0 Å². The molecule has 1 aromatic heterocycles. The predicted octanol–water partition coefficient (Wildman–Crippen LogP) is 4.56. The molecule has 2 aromatic rings. The fraction of sp³-hybridized carbons (Fsp3) is 0.389. The van der Waals surface area contributed by atoms with Gasteiger partial charge in [-0.1, -0.05) is 22.0 Å². The van der Waals surface area contributed by atoms with Crippen molar-refractivity contribution in [2.45, 2.75) is 32.8 Å². The highest BCUT2D eigenvalue weighted by Crippen LogP contribution is 2.30. The largest absolute Gasteiger partial charge is 0.444 e. The first-order valence-corrected chi connectivity index (χ1v) is 8.81. The number of ether oxygens (including phenoxy) is 1. The third-order valence-electron chi connectivity index (χ3n) is 3.82. The quantitative estimate of drug-likeness (QED) is 0.695. The number of amides is 1. The van der Waals surface area contributed by atoms with E-state index in [-0.39, 0.29) is 11.9 Å². The highest BCUT2D eigenvalue weighted by Gasteiger charge is 2.24. The zero-order valence-corrected chi connectivity index (χ0v) is 15.9. The number of rotatable bonds is 1. The van der Waals surface area contributed by atoms with E-state index in [1.807, 2.05) is 32.9 Å². The molecule has 0 saturated heterocycles. The molecule has 0 fully saturated rings. The smallest absolute Gasteiger partial charge is 0.410 e. The van der Waals surface area contributed by atoms with Crippen molar-refractivity contribution in [2.24, 2.45) is 0 Å². The van der Waals surface area contributed by atoms with Crippen LogP contribution in [0.25, 0.3) is 16.5 Å². The molecule has 0 aliphatic carbocycles. The molecule has 0 atom stereocenters. The van der Waals surface area contributed by atoms with Crippen LogP contribution < -0.4 is 0 Å². The van der Waals surface area contributed by atoms with Crippen molar-refractivity contribution in [1.29, 1.82) is 0 Å². The molecule has 0 unspecified atom stereocenters. The monoisotopic (exact) mass is 407 g/mol. The minimum Gasteiger partial charge on any atom is -0.444 e. The van der Waals surface area contributed by atoms with Crippen molar-refractivity contribution in [1.82, 2.24) is 14.9 Å². The average molecular weight is 408 g/mol. The average Bonchev–Trinajstić information content (AvgIpc) is 2.53. The number of fused-ring (bicyclic) bond motifs is 1. The highest BCUT2D eigenvalue weighted by molar-refractivity contribution is 9.10. The van der Waals surface area contributed by atoms with E-state index in [4.69, 9.17) is 4.74 Å². The molecule has 3 rings (SSSR count). The lowest BCUT2D eigenvalue weighted by Gasteiger charge is -2.29. The molecule has 0 N–H and O–H groups in total. The lowest BCUT2D eigenvalue weighted by atomic mass is 10.0. The molecule has 0 saturated carbocycles. The second-order valence-corrected chi connectivity index (χ2v) is 7.83. The summed E-state index contributed by atoms with van der Waals surface area (Å²) in [6.07, 6.45) is 3.60. The van der Waals surface area contributed by atoms with Gasteiger partial charge < -0.3 is 9.64 Å². The van der Waals surface area contributed by atoms with Crippen molar-refractivity contribution in [3.8, 4) is 0 Å². The van der Waals surface area contributed by atoms with Gasteiger partial charge in [0, 0.05) is 22.9 Å². The van der Waals surface area contributed by atoms with E-state index >= 15 is 0 Å². The van der Waals surface area contributed by atoms with Crippen LogP contribution >= 0.6 is 15.9 Å². The van der Waals surface area contributed by atoms with Gasteiger partial charge in [-0.25, -0.2) is 19.2 Å². The molecule has 2 heterocycles. The summed E-state index contributed by atoms with van der Waals surface area (Å²) in [6, 6.07) is 3.20. The normalized spacial score (nSPS) is 15.2. The molecule has 25 heavy (non-hydrogen) atoms. The van der Waals surface area contributed by atoms with Gasteiger partial charge in [0.05, 0.1) is 5.69 Å². The summed E-state index contributed by atoms with van der Waals surface area (Å²) in [6.45, 7) is 6.50. The van der Waals surface area contributed by atoms with Gasteiger partial charge in [0.25, 0.3) is 0 Å². The first-order valence-electron chi connectivity index (χ1n) is 8.02. The lowest BCUT2D eigenvalue weighted by Crippen LogP contribution is -2.39. The number of hydrogen-bond acceptors (Lipinski definition) is 4. The number of hydrogen-bond donors (Lipinski definition) is 0. The van der Waals surface area contributed by atoms with Gasteiger partial charge in [-0.2, -0.15) is 0 Å². The number of carbonyl (C=O) groups excluding carboxylic acids is 1. The predicted molar refractivity (Wildman–Crippen MR) is 97.6 cm³/mol. The Hall–Kier alpha value is -2.02. The van der Waals surface area contributed by atoms with E-state index in [2.05, 4.69) is 25.9 Å². The Kier molecular flexibility index (Phi) is 4.77. The maximum absolute atomic E-state index is 14.1. The van der Waals surface area contributed by atoms with Crippen molar-refractivity contribution < 1.29 is 13.9 Å². The van der Waals surface area contributed by atoms with E-state index in [0.29, 0.717) is 40.6 Å². The minimum atomic E-state index is -0.520. The lowest BCUT2D eigenvalue weighted by molar-refractivity contribution is 0.0270. The number of benzene rings is 1. The maximum atomic E-state index is 14.1. The molecule has 0 spiro atoms. The van der Waals surface area contributed by atoms with Crippen LogP contribution in [0.4, 0.5) is 9.18 Å². The van der Waals surface area contributed by atoms with Crippen molar-refractivity contribution >= 4 is 38.5 Å². The third-order valence-corrected chi connectivity index (χ3v) is 4.28. The van der Waals surface area contributed by atoms with Crippen molar-refractivity contribution in [2.75, 3.05) is 13.1 Å². The van der Waals surface area contributed by atoms with Crippen molar-refractivity contribution in [3.05, 3.63) is 40.5 Å². The summed E-state index contributed by atoms with van der Waals surface area (Å²) in [5.41, 5.74) is 1.45. The van der Waals surface area contributed by atoms with Gasteiger partial charge >= 0.3 is 6.09 Å². The summed E-state index contributed by atoms with van der Waals surface area (Å²) < 4.78 is 20.1. The number of halogens is 2. The van der Waals surface area contributed by atoms with Crippen molar-refractivity contribution in [3.63, 3.8) is 0 Å². The minimum absolute atomic E-state index is 0.295. The van der Waals surface area contributed by atoms with Gasteiger partial charge in [-0.05, 0) is 44.9 Å². The zero-order valence-electron chi connectivity index (χ0n) is 14.3. The first kappa shape index (κ1) is 17.8. The van der Waals surface area contributed by atoms with Crippen LogP contribution in [0, 0.1) is 5.82 Å². The fourth-order valence-electron chi connectivity index (χ4n) is 2.72. The Morgan fingerprint density at radius 1 is 1.32 bits per heavy atom. The topological polar surface area (TPSA) is 55.3 Å². The Bertz CT molecular complexity index is 861. The van der Waals surface area contributed by atoms with Crippen LogP contribution in [0.2, 0.25) is 0 Å². The van der Waals surface area contributed by atoms with E-state index in [1.54, 1.807) is 4.90 Å². The molecule has 5 nitrogen and oxygen atoms in total. The van der Waals surface area contributed by atoms with E-state index in [9.17, 15) is 9.18 Å². The van der Waals surface area contributed by atoms with Gasteiger partial charge in [0.2, 0.25) is 0 Å². The molecule has 132 valence electrons. The van der Waals surface area contributed by atoms with Gasteiger partial charge in [0.1, 0.15) is 17.4 Å². The molecule has 1 aromatic carbocycles. The molecule has 1 aliphatic rings. The third kappa shape index (κ3) is 3.98. The standard InChI is InChI=1S/C18H19BrFN3O2/c1-18(2,3)25-17(24)23-6-4-11(5-7-23)15-13-8-12(19)9-14(20)16(13)22-10-21-15/h4,8-10H,5-7H2,1-3H3. The van der Waals surface area contributed by atoms with E-state index < -0.39 is 5.60 Å². The molecule has 1 amide bonds. The highest BCUT2D eigenvalue weighted by atomic mass is 79.9. The van der Waals surface area contributed by atoms with Crippen LogP contribution in [0.3, 0.4) is 0 Å². The van der Waals surface area contributed by atoms with Gasteiger partial charge in [-0.15, -0.1) is 0 Å². The van der Waals surface area contributed by atoms with E-state index in [0.717, 1.165) is 5.57 Å². The number of nitrogens with zero attached hydrogens (tertiary/aromatic N) is 3. The summed E-state index contributed by atoms with van der Waals surface area (Å²) in [4.78, 5) is 22.2. The molecule has 1 aliphatic heterocycles. The van der Waals surface area contributed by atoms with Crippen LogP contribution in [0.15, 0.2) is 29.0 Å². The summed E-state index contributed by atoms with van der Waals surface area (Å²) in [5.74, 6) is -0.389. The number of aromatic nitrogens is 2. The summed E-state index contributed by atoms with van der Waals surface area (Å²) >= 11 is 3.31.